The van der Waals surface area contributed by atoms with Crippen LogP contribution in [0, 0.1) is 5.92 Å². The number of benzene rings is 1. The Labute approximate surface area is 124 Å². The predicted molar refractivity (Wildman–Crippen MR) is 72.8 cm³/mol. The molecule has 1 unspecified atom stereocenters. The highest BCUT2D eigenvalue weighted by Gasteiger charge is 2.37. The molecule has 0 aromatic heterocycles. The summed E-state index contributed by atoms with van der Waals surface area (Å²) in [5.41, 5.74) is -0.0679. The van der Waals surface area contributed by atoms with Crippen molar-refractivity contribution in [1.82, 2.24) is 0 Å². The first-order valence-corrected chi connectivity index (χ1v) is 6.34. The van der Waals surface area contributed by atoms with E-state index in [0.29, 0.717) is 0 Å². The average molecular weight is 307 g/mol. The highest BCUT2D eigenvalue weighted by atomic mass is 16.5. The maximum absolute atomic E-state index is 12.0. The first kappa shape index (κ1) is 15.5. The molecule has 1 amide bonds. The molecule has 1 atom stereocenters. The molecule has 1 aliphatic heterocycles. The van der Waals surface area contributed by atoms with Gasteiger partial charge >= 0.3 is 17.9 Å². The van der Waals surface area contributed by atoms with E-state index in [4.69, 9.17) is 10.2 Å². The van der Waals surface area contributed by atoms with E-state index >= 15 is 0 Å². The molecule has 2 N–H and O–H groups in total. The monoisotopic (exact) mass is 307 g/mol. The van der Waals surface area contributed by atoms with Crippen molar-refractivity contribution in [3.63, 3.8) is 0 Å². The Morgan fingerprint density at radius 1 is 1.27 bits per heavy atom. The SMILES string of the molecule is COC(=O)c1ccc(C(=O)O)cc1N1CC(C(=O)O)CC1=O. The van der Waals surface area contributed by atoms with Gasteiger partial charge in [0.25, 0.3) is 0 Å². The third-order valence-electron chi connectivity index (χ3n) is 3.42. The molecule has 2 rings (SSSR count). The molecule has 1 saturated heterocycles. The van der Waals surface area contributed by atoms with Crippen molar-refractivity contribution in [1.29, 1.82) is 0 Å². The molecule has 0 radical (unpaired) electrons. The van der Waals surface area contributed by atoms with Crippen molar-refractivity contribution in [2.45, 2.75) is 6.42 Å². The third kappa shape index (κ3) is 2.76. The molecule has 116 valence electrons. The van der Waals surface area contributed by atoms with Crippen LogP contribution in [0.2, 0.25) is 0 Å². The molecule has 0 saturated carbocycles. The highest BCUT2D eigenvalue weighted by Crippen LogP contribution is 2.30. The van der Waals surface area contributed by atoms with Crippen LogP contribution in [0.3, 0.4) is 0 Å². The van der Waals surface area contributed by atoms with Gasteiger partial charge in [-0.15, -0.1) is 0 Å². The fourth-order valence-electron chi connectivity index (χ4n) is 2.28. The van der Waals surface area contributed by atoms with Gasteiger partial charge in [0.15, 0.2) is 0 Å². The summed E-state index contributed by atoms with van der Waals surface area (Å²) in [7, 11) is 1.16. The zero-order valence-corrected chi connectivity index (χ0v) is 11.6. The quantitative estimate of drug-likeness (QED) is 0.781. The van der Waals surface area contributed by atoms with Crippen molar-refractivity contribution in [2.75, 3.05) is 18.6 Å². The van der Waals surface area contributed by atoms with E-state index in [0.717, 1.165) is 18.1 Å². The van der Waals surface area contributed by atoms with Gasteiger partial charge in [0.2, 0.25) is 5.91 Å². The molecule has 1 aliphatic rings. The fraction of sp³-hybridized carbons (Fsp3) is 0.286. The molecule has 0 bridgehead atoms. The number of aromatic carboxylic acids is 1. The van der Waals surface area contributed by atoms with Crippen molar-refractivity contribution in [3.8, 4) is 0 Å². The predicted octanol–water partition coefficient (Wildman–Crippen LogP) is 0.609. The van der Waals surface area contributed by atoms with Gasteiger partial charge in [-0.05, 0) is 18.2 Å². The molecule has 8 nitrogen and oxygen atoms in total. The van der Waals surface area contributed by atoms with Crippen molar-refractivity contribution < 1.29 is 34.1 Å². The maximum Gasteiger partial charge on any atom is 0.339 e. The lowest BCUT2D eigenvalue weighted by molar-refractivity contribution is -0.141. The molecule has 1 fully saturated rings. The standard InChI is InChI=1S/C14H13NO7/c1-22-14(21)9-3-2-7(12(17)18)4-10(9)15-6-8(13(19)20)5-11(15)16/h2-4,8H,5-6H2,1H3,(H,17,18)(H,19,20). The molecule has 8 heteroatoms. The number of carboxylic acid groups (broad SMARTS) is 2. The lowest BCUT2D eigenvalue weighted by Crippen LogP contribution is -2.28. The zero-order chi connectivity index (χ0) is 16.4. The Balaban J connectivity index is 2.49. The third-order valence-corrected chi connectivity index (χ3v) is 3.42. The van der Waals surface area contributed by atoms with Crippen LogP contribution in [0.5, 0.6) is 0 Å². The number of anilines is 1. The summed E-state index contributed by atoms with van der Waals surface area (Å²) in [4.78, 5) is 46.9. The first-order valence-electron chi connectivity index (χ1n) is 6.34. The molecule has 0 spiro atoms. The van der Waals surface area contributed by atoms with E-state index in [9.17, 15) is 19.2 Å². The summed E-state index contributed by atoms with van der Waals surface area (Å²) < 4.78 is 4.61. The number of amides is 1. The molecule has 0 aliphatic carbocycles. The van der Waals surface area contributed by atoms with Gasteiger partial charge in [0.1, 0.15) is 0 Å². The van der Waals surface area contributed by atoms with Gasteiger partial charge in [0.05, 0.1) is 29.8 Å². The Morgan fingerprint density at radius 3 is 2.45 bits per heavy atom. The number of hydrogen-bond donors (Lipinski definition) is 2. The molecule has 22 heavy (non-hydrogen) atoms. The summed E-state index contributed by atoms with van der Waals surface area (Å²) in [6.07, 6.45) is -0.201. The van der Waals surface area contributed by atoms with Crippen molar-refractivity contribution in [3.05, 3.63) is 29.3 Å². The number of hydrogen-bond acceptors (Lipinski definition) is 5. The smallest absolute Gasteiger partial charge is 0.339 e. The lowest BCUT2D eigenvalue weighted by atomic mass is 10.1. The summed E-state index contributed by atoms with van der Waals surface area (Å²) >= 11 is 0. The van der Waals surface area contributed by atoms with E-state index in [1.54, 1.807) is 0 Å². The number of methoxy groups -OCH3 is 1. The van der Waals surface area contributed by atoms with Gasteiger partial charge in [0, 0.05) is 13.0 Å². The molecular weight excluding hydrogens is 294 g/mol. The second kappa shape index (κ2) is 5.84. The summed E-state index contributed by atoms with van der Waals surface area (Å²) in [5.74, 6) is -4.46. The van der Waals surface area contributed by atoms with E-state index in [2.05, 4.69) is 4.74 Å². The van der Waals surface area contributed by atoms with Crippen LogP contribution in [-0.4, -0.2) is 47.7 Å². The number of esters is 1. The number of rotatable bonds is 4. The minimum Gasteiger partial charge on any atom is -0.481 e. The van der Waals surface area contributed by atoms with E-state index < -0.39 is 29.7 Å². The summed E-state index contributed by atoms with van der Waals surface area (Å²) in [5, 5.41) is 18.0. The molecule has 1 aromatic carbocycles. The van der Waals surface area contributed by atoms with Crippen LogP contribution in [0.25, 0.3) is 0 Å². The van der Waals surface area contributed by atoms with Gasteiger partial charge < -0.3 is 19.8 Å². The Kier molecular flexibility index (Phi) is 4.11. The van der Waals surface area contributed by atoms with Crippen LogP contribution < -0.4 is 4.90 Å². The van der Waals surface area contributed by atoms with Crippen LogP contribution in [0.15, 0.2) is 18.2 Å². The van der Waals surface area contributed by atoms with Gasteiger partial charge in [-0.2, -0.15) is 0 Å². The largest absolute Gasteiger partial charge is 0.481 e. The molecule has 1 heterocycles. The van der Waals surface area contributed by atoms with Crippen molar-refractivity contribution >= 4 is 29.5 Å². The first-order chi connectivity index (χ1) is 10.3. The van der Waals surface area contributed by atoms with Crippen LogP contribution in [0.4, 0.5) is 5.69 Å². The number of nitrogens with zero attached hydrogens (tertiary/aromatic N) is 1. The summed E-state index contributed by atoms with van der Waals surface area (Å²) in [6, 6.07) is 3.62. The van der Waals surface area contributed by atoms with Gasteiger partial charge in [-0.25, -0.2) is 9.59 Å². The number of carbonyl (C=O) groups excluding carboxylic acids is 2. The number of carbonyl (C=O) groups is 4. The van der Waals surface area contributed by atoms with Gasteiger partial charge in [-0.1, -0.05) is 0 Å². The topological polar surface area (TPSA) is 121 Å². The van der Waals surface area contributed by atoms with E-state index in [1.165, 1.54) is 12.1 Å². The second-order valence-electron chi connectivity index (χ2n) is 4.77. The Hall–Kier alpha value is -2.90. The summed E-state index contributed by atoms with van der Waals surface area (Å²) in [6.45, 7) is -0.124. The van der Waals surface area contributed by atoms with E-state index in [1.807, 2.05) is 0 Å². The normalized spacial score (nSPS) is 17.4. The van der Waals surface area contributed by atoms with Crippen molar-refractivity contribution in [2.24, 2.45) is 5.92 Å². The lowest BCUT2D eigenvalue weighted by Gasteiger charge is -2.19. The van der Waals surface area contributed by atoms with E-state index in [-0.39, 0.29) is 29.8 Å². The maximum atomic E-state index is 12.0. The zero-order valence-electron chi connectivity index (χ0n) is 11.6. The van der Waals surface area contributed by atoms with Crippen LogP contribution in [0.1, 0.15) is 27.1 Å². The number of carboxylic acids is 2. The molecular formula is C14H13NO7. The Bertz CT molecular complexity index is 667. The minimum absolute atomic E-state index is 0.00638. The Morgan fingerprint density at radius 2 is 1.95 bits per heavy atom. The van der Waals surface area contributed by atoms with Crippen LogP contribution in [-0.2, 0) is 14.3 Å². The number of ether oxygens (including phenoxy) is 1. The highest BCUT2D eigenvalue weighted by molar-refractivity contribution is 6.06. The number of aliphatic carboxylic acids is 1. The van der Waals surface area contributed by atoms with Gasteiger partial charge in [-0.3, -0.25) is 9.59 Å². The molecule has 1 aromatic rings. The van der Waals surface area contributed by atoms with Crippen LogP contribution >= 0.6 is 0 Å². The fourth-order valence-corrected chi connectivity index (χ4v) is 2.28. The minimum atomic E-state index is -1.22. The average Bonchev–Trinajstić information content (AvgIpc) is 2.87. The second-order valence-corrected chi connectivity index (χ2v) is 4.77.